The zero-order valence-electron chi connectivity index (χ0n) is 13.8. The van der Waals surface area contributed by atoms with Crippen LogP contribution in [0.1, 0.15) is 41.3 Å². The summed E-state index contributed by atoms with van der Waals surface area (Å²) < 4.78 is 10.8. The minimum atomic E-state index is -0.540. The lowest BCUT2D eigenvalue weighted by atomic mass is 10.1. The molecule has 0 unspecified atom stereocenters. The molecule has 24 heavy (non-hydrogen) atoms. The lowest BCUT2D eigenvalue weighted by molar-refractivity contribution is 0.0496. The number of unbranched alkanes of at least 4 members (excludes halogenated alkanes) is 1. The maximum Gasteiger partial charge on any atom is 0.342 e. The fourth-order valence-electron chi connectivity index (χ4n) is 2.07. The minimum Gasteiger partial charge on any atom is -0.507 e. The van der Waals surface area contributed by atoms with Crippen LogP contribution in [0, 0.1) is 0 Å². The number of hydrogen-bond acceptors (Lipinski definition) is 4. The van der Waals surface area contributed by atoms with Crippen LogP contribution in [-0.4, -0.2) is 17.7 Å². The van der Waals surface area contributed by atoms with Gasteiger partial charge in [-0.25, -0.2) is 4.79 Å². The molecule has 0 heterocycles. The summed E-state index contributed by atoms with van der Waals surface area (Å²) in [7, 11) is 0. The number of carbonyl (C=O) groups is 1. The topological polar surface area (TPSA) is 55.8 Å². The Balaban J connectivity index is 2.01. The Kier molecular flexibility index (Phi) is 6.43. The van der Waals surface area contributed by atoms with Crippen molar-refractivity contribution in [3.63, 3.8) is 0 Å². The van der Waals surface area contributed by atoms with Crippen LogP contribution in [0.2, 0.25) is 0 Å². The van der Waals surface area contributed by atoms with Gasteiger partial charge in [0, 0.05) is 0 Å². The summed E-state index contributed by atoms with van der Waals surface area (Å²) in [5.41, 5.74) is 2.16. The number of benzene rings is 2. The molecular formula is C20H22O4. The van der Waals surface area contributed by atoms with E-state index in [-0.39, 0.29) is 11.3 Å². The van der Waals surface area contributed by atoms with Gasteiger partial charge in [0.05, 0.1) is 6.61 Å². The molecule has 1 N–H and O–H groups in total. The number of esters is 1. The van der Waals surface area contributed by atoms with Crippen LogP contribution in [0.25, 0.3) is 6.08 Å². The van der Waals surface area contributed by atoms with Crippen molar-refractivity contribution in [2.24, 2.45) is 0 Å². The number of phenolic OH excluding ortho intramolecular Hbond substituents is 1. The third-order valence-electron chi connectivity index (χ3n) is 3.54. The van der Waals surface area contributed by atoms with E-state index in [1.165, 1.54) is 12.1 Å². The molecule has 0 amide bonds. The largest absolute Gasteiger partial charge is 0.507 e. The van der Waals surface area contributed by atoms with E-state index in [1.54, 1.807) is 12.1 Å². The Hall–Kier alpha value is -2.75. The van der Waals surface area contributed by atoms with Crippen molar-refractivity contribution in [2.75, 3.05) is 6.61 Å². The number of rotatable bonds is 8. The van der Waals surface area contributed by atoms with E-state index < -0.39 is 5.97 Å². The highest BCUT2D eigenvalue weighted by Crippen LogP contribution is 2.24. The van der Waals surface area contributed by atoms with Crippen LogP contribution < -0.4 is 4.74 Å². The normalized spacial score (nSPS) is 10.2. The first kappa shape index (κ1) is 17.6. The molecule has 2 aromatic carbocycles. The second-order valence-electron chi connectivity index (χ2n) is 5.40. The van der Waals surface area contributed by atoms with E-state index in [1.807, 2.05) is 31.2 Å². The SMILES string of the molecule is C=Cc1ccc(COc2ccc(O)c(C(=O)OCCCC)c2)cc1. The first-order valence-electron chi connectivity index (χ1n) is 7.98. The maximum absolute atomic E-state index is 12.0. The van der Waals surface area contributed by atoms with E-state index in [4.69, 9.17) is 9.47 Å². The summed E-state index contributed by atoms with van der Waals surface area (Å²) in [6, 6.07) is 12.4. The van der Waals surface area contributed by atoms with E-state index in [2.05, 4.69) is 6.58 Å². The summed E-state index contributed by atoms with van der Waals surface area (Å²) in [4.78, 5) is 12.0. The molecule has 4 nitrogen and oxygen atoms in total. The average molecular weight is 326 g/mol. The molecule has 2 rings (SSSR count). The van der Waals surface area contributed by atoms with E-state index in [9.17, 15) is 9.90 Å². The fraction of sp³-hybridized carbons (Fsp3) is 0.250. The van der Waals surface area contributed by atoms with Gasteiger partial charge in [-0.1, -0.05) is 50.3 Å². The molecule has 0 aliphatic heterocycles. The Bertz CT molecular complexity index is 689. The third kappa shape index (κ3) is 4.88. The Morgan fingerprint density at radius 2 is 1.96 bits per heavy atom. The van der Waals surface area contributed by atoms with Crippen molar-refractivity contribution < 1.29 is 19.4 Å². The highest BCUT2D eigenvalue weighted by Gasteiger charge is 2.14. The molecule has 0 saturated carbocycles. The molecule has 0 bridgehead atoms. The molecule has 0 saturated heterocycles. The van der Waals surface area contributed by atoms with Crippen LogP contribution >= 0.6 is 0 Å². The third-order valence-corrected chi connectivity index (χ3v) is 3.54. The molecule has 126 valence electrons. The van der Waals surface area contributed by atoms with E-state index >= 15 is 0 Å². The summed E-state index contributed by atoms with van der Waals surface area (Å²) in [6.07, 6.45) is 3.51. The molecule has 0 aliphatic carbocycles. The monoisotopic (exact) mass is 326 g/mol. The van der Waals surface area contributed by atoms with Crippen LogP contribution in [0.4, 0.5) is 0 Å². The molecule has 0 aliphatic rings. The molecule has 0 fully saturated rings. The molecular weight excluding hydrogens is 304 g/mol. The van der Waals surface area contributed by atoms with Crippen LogP contribution in [-0.2, 0) is 11.3 Å². The van der Waals surface area contributed by atoms with Crippen molar-refractivity contribution in [1.82, 2.24) is 0 Å². The van der Waals surface area contributed by atoms with Gasteiger partial charge in [-0.3, -0.25) is 0 Å². The second kappa shape index (κ2) is 8.77. The van der Waals surface area contributed by atoms with Gasteiger partial charge in [-0.15, -0.1) is 0 Å². The first-order chi connectivity index (χ1) is 11.6. The molecule has 0 spiro atoms. The lowest BCUT2D eigenvalue weighted by Gasteiger charge is -2.10. The van der Waals surface area contributed by atoms with Crippen molar-refractivity contribution in [3.8, 4) is 11.5 Å². The van der Waals surface area contributed by atoms with Gasteiger partial charge in [0.25, 0.3) is 0 Å². The number of ether oxygens (including phenoxy) is 2. The number of phenols is 1. The predicted molar refractivity (Wildman–Crippen MR) is 94.2 cm³/mol. The minimum absolute atomic E-state index is 0.112. The van der Waals surface area contributed by atoms with Gasteiger partial charge in [-0.2, -0.15) is 0 Å². The predicted octanol–water partition coefficient (Wildman–Crippen LogP) is 4.57. The van der Waals surface area contributed by atoms with Crippen LogP contribution in [0.3, 0.4) is 0 Å². The van der Waals surface area contributed by atoms with Crippen LogP contribution in [0.5, 0.6) is 11.5 Å². The van der Waals surface area contributed by atoms with Crippen molar-refractivity contribution in [2.45, 2.75) is 26.4 Å². The van der Waals surface area contributed by atoms with Gasteiger partial charge in [0.1, 0.15) is 23.7 Å². The highest BCUT2D eigenvalue weighted by atomic mass is 16.5. The Morgan fingerprint density at radius 3 is 2.62 bits per heavy atom. The van der Waals surface area contributed by atoms with Gasteiger partial charge >= 0.3 is 5.97 Å². The summed E-state index contributed by atoms with van der Waals surface area (Å²) in [6.45, 7) is 6.44. The summed E-state index contributed by atoms with van der Waals surface area (Å²) in [5, 5.41) is 9.84. The van der Waals surface area contributed by atoms with Crippen molar-refractivity contribution in [3.05, 3.63) is 65.7 Å². The second-order valence-corrected chi connectivity index (χ2v) is 5.40. The molecule has 4 heteroatoms. The molecule has 0 radical (unpaired) electrons. The number of aromatic hydroxyl groups is 1. The summed E-state index contributed by atoms with van der Waals surface area (Å²) >= 11 is 0. The zero-order valence-corrected chi connectivity index (χ0v) is 13.8. The maximum atomic E-state index is 12.0. The molecule has 0 atom stereocenters. The lowest BCUT2D eigenvalue weighted by Crippen LogP contribution is -2.07. The standard InChI is InChI=1S/C20H22O4/c1-3-5-12-23-20(22)18-13-17(10-11-19(18)21)24-14-16-8-6-15(4-2)7-9-16/h4,6-11,13,21H,2-3,5,12,14H2,1H3. The molecule has 2 aromatic rings. The van der Waals surface area contributed by atoms with Crippen molar-refractivity contribution in [1.29, 1.82) is 0 Å². The average Bonchev–Trinajstić information content (AvgIpc) is 2.61. The zero-order chi connectivity index (χ0) is 17.4. The van der Waals surface area contributed by atoms with E-state index in [0.29, 0.717) is 19.0 Å². The molecule has 0 aromatic heterocycles. The van der Waals surface area contributed by atoms with E-state index in [0.717, 1.165) is 24.0 Å². The van der Waals surface area contributed by atoms with Crippen LogP contribution in [0.15, 0.2) is 49.0 Å². The number of carbonyl (C=O) groups excluding carboxylic acids is 1. The number of hydrogen-bond donors (Lipinski definition) is 1. The first-order valence-corrected chi connectivity index (χ1v) is 7.98. The Morgan fingerprint density at radius 1 is 1.21 bits per heavy atom. The van der Waals surface area contributed by atoms with Gasteiger partial charge < -0.3 is 14.6 Å². The summed E-state index contributed by atoms with van der Waals surface area (Å²) in [5.74, 6) is -0.149. The van der Waals surface area contributed by atoms with Crippen molar-refractivity contribution >= 4 is 12.0 Å². The van der Waals surface area contributed by atoms with Gasteiger partial charge in [-0.05, 0) is 35.7 Å². The van der Waals surface area contributed by atoms with Gasteiger partial charge in [0.2, 0.25) is 0 Å². The highest BCUT2D eigenvalue weighted by molar-refractivity contribution is 5.92. The smallest absolute Gasteiger partial charge is 0.342 e. The Labute approximate surface area is 142 Å². The fourth-order valence-corrected chi connectivity index (χ4v) is 2.07. The quantitative estimate of drug-likeness (QED) is 0.570. The van der Waals surface area contributed by atoms with Gasteiger partial charge in [0.15, 0.2) is 0 Å².